The predicted octanol–water partition coefficient (Wildman–Crippen LogP) is 11.9. The number of nitrogens with one attached hydrogen (secondary N) is 1. The van der Waals surface area contributed by atoms with E-state index in [-0.39, 0.29) is 12.8 Å². The van der Waals surface area contributed by atoms with Gasteiger partial charge in [0, 0.05) is 0 Å². The number of aliphatic hydroxyl groups excluding tert-OH is 7. The van der Waals surface area contributed by atoms with E-state index < -0.39 is 74.2 Å². The first-order valence-electron chi connectivity index (χ1n) is 28.9. The Morgan fingerprint density at radius 1 is 0.493 bits per heavy atom. The molecule has 0 aliphatic carbocycles. The lowest BCUT2D eigenvalue weighted by Crippen LogP contribution is -2.60. The average molecular weight is 981 g/mol. The van der Waals surface area contributed by atoms with Gasteiger partial charge in [0.25, 0.3) is 0 Å². The number of carbonyl (C=O) groups excluding carboxylic acids is 1. The molecule has 1 saturated heterocycles. The standard InChI is InChI=1S/C58H109NO10/c1-3-5-7-9-11-13-15-17-19-21-23-24-25-26-27-28-30-31-33-35-37-39-41-43-45-50(61)53(63)49(48-68-58-56(66)55(65)54(64)52(47-60)69-58)59-57(67)51(62)46-44-42-40-38-36-34-32-29-22-20-18-16-14-12-10-8-6-4-2/h22,29-31,37,39,49-56,58,60-66H,3-21,23-28,32-36,38,40-48H2,1-2H3,(H,59,67)/b29-22-,31-30+,39-37+. The summed E-state index contributed by atoms with van der Waals surface area (Å²) in [7, 11) is 0. The van der Waals surface area contributed by atoms with E-state index in [1.165, 1.54) is 154 Å². The third-order valence-electron chi connectivity index (χ3n) is 13.9. The highest BCUT2D eigenvalue weighted by molar-refractivity contribution is 5.80. The maximum Gasteiger partial charge on any atom is 0.249 e. The lowest BCUT2D eigenvalue weighted by atomic mass is 9.98. The van der Waals surface area contributed by atoms with E-state index in [1.54, 1.807) is 0 Å². The molecule has 1 aliphatic rings. The highest BCUT2D eigenvalue weighted by atomic mass is 16.7. The van der Waals surface area contributed by atoms with Crippen LogP contribution in [0, 0.1) is 0 Å². The highest BCUT2D eigenvalue weighted by Gasteiger charge is 2.44. The second-order valence-electron chi connectivity index (χ2n) is 20.3. The van der Waals surface area contributed by atoms with Gasteiger partial charge in [0.1, 0.15) is 36.6 Å². The second kappa shape index (κ2) is 47.3. The number of aliphatic hydroxyl groups is 7. The van der Waals surface area contributed by atoms with Crippen molar-refractivity contribution < 1.29 is 50.0 Å². The number of hydrogen-bond donors (Lipinski definition) is 8. The van der Waals surface area contributed by atoms with E-state index in [4.69, 9.17) is 9.47 Å². The minimum Gasteiger partial charge on any atom is -0.394 e. The molecule has 0 spiro atoms. The van der Waals surface area contributed by atoms with Crippen molar-refractivity contribution >= 4 is 5.91 Å². The average Bonchev–Trinajstić information content (AvgIpc) is 3.35. The van der Waals surface area contributed by atoms with Gasteiger partial charge < -0.3 is 50.5 Å². The number of hydrogen-bond acceptors (Lipinski definition) is 10. The molecule has 69 heavy (non-hydrogen) atoms. The molecule has 1 aliphatic heterocycles. The molecule has 0 radical (unpaired) electrons. The van der Waals surface area contributed by atoms with Crippen LogP contribution in [0.3, 0.4) is 0 Å². The van der Waals surface area contributed by atoms with Crippen molar-refractivity contribution in [3.05, 3.63) is 36.5 Å². The molecule has 0 aromatic carbocycles. The minimum atomic E-state index is -1.67. The Hall–Kier alpha value is -1.67. The monoisotopic (exact) mass is 980 g/mol. The van der Waals surface area contributed by atoms with Gasteiger partial charge in [0.15, 0.2) is 6.29 Å². The van der Waals surface area contributed by atoms with Crippen LogP contribution in [-0.4, -0.2) is 110 Å². The van der Waals surface area contributed by atoms with Gasteiger partial charge in [-0.2, -0.15) is 0 Å². The zero-order valence-corrected chi connectivity index (χ0v) is 44.3. The predicted molar refractivity (Wildman–Crippen MR) is 284 cm³/mol. The molecular weight excluding hydrogens is 871 g/mol. The summed E-state index contributed by atoms with van der Waals surface area (Å²) in [6, 6.07) is -1.19. The summed E-state index contributed by atoms with van der Waals surface area (Å²) in [5.41, 5.74) is 0. The summed E-state index contributed by atoms with van der Waals surface area (Å²) in [6.45, 7) is 3.45. The molecule has 0 saturated carbocycles. The third-order valence-corrected chi connectivity index (χ3v) is 13.9. The molecule has 0 bridgehead atoms. The first-order valence-corrected chi connectivity index (χ1v) is 28.9. The molecule has 11 nitrogen and oxygen atoms in total. The number of carbonyl (C=O) groups is 1. The van der Waals surface area contributed by atoms with Crippen LogP contribution < -0.4 is 5.32 Å². The van der Waals surface area contributed by atoms with E-state index in [2.05, 4.69) is 55.6 Å². The van der Waals surface area contributed by atoms with Crippen molar-refractivity contribution in [3.8, 4) is 0 Å². The maximum absolute atomic E-state index is 13.2. The Morgan fingerprint density at radius 3 is 1.29 bits per heavy atom. The summed E-state index contributed by atoms with van der Waals surface area (Å²) in [5.74, 6) is -0.714. The Balaban J connectivity index is 2.36. The first kappa shape index (κ1) is 65.3. The second-order valence-corrected chi connectivity index (χ2v) is 20.3. The number of unbranched alkanes of at least 4 members (excludes halogenated alkanes) is 31. The lowest BCUT2D eigenvalue weighted by Gasteiger charge is -2.40. The van der Waals surface area contributed by atoms with Crippen molar-refractivity contribution in [2.75, 3.05) is 13.2 Å². The van der Waals surface area contributed by atoms with E-state index in [1.807, 2.05) is 0 Å². The van der Waals surface area contributed by atoms with Crippen LogP contribution in [0.5, 0.6) is 0 Å². The summed E-state index contributed by atoms with van der Waals surface area (Å²) in [4.78, 5) is 13.2. The fourth-order valence-electron chi connectivity index (χ4n) is 9.16. The first-order chi connectivity index (χ1) is 33.7. The van der Waals surface area contributed by atoms with Gasteiger partial charge >= 0.3 is 0 Å². The van der Waals surface area contributed by atoms with Gasteiger partial charge in [-0.1, -0.05) is 217 Å². The summed E-state index contributed by atoms with van der Waals surface area (Å²) < 4.78 is 11.1. The molecule has 1 rings (SSSR count). The third kappa shape index (κ3) is 36.0. The number of rotatable bonds is 49. The Labute approximate surface area is 422 Å². The maximum atomic E-state index is 13.2. The fourth-order valence-corrected chi connectivity index (χ4v) is 9.16. The van der Waals surface area contributed by atoms with Crippen molar-refractivity contribution in [2.45, 2.75) is 313 Å². The SMILES string of the molecule is CCCCCCCCCC/C=C\CCCCCCCCC(O)C(=O)NC(COC1OC(CO)C(O)C(O)C1O)C(O)C(O)CCC/C=C/CC/C=C/CCCCCCCCCCCCCCCCC. The van der Waals surface area contributed by atoms with Crippen LogP contribution in [0.15, 0.2) is 36.5 Å². The summed E-state index contributed by atoms with van der Waals surface area (Å²) >= 11 is 0. The van der Waals surface area contributed by atoms with Crippen LogP contribution >= 0.6 is 0 Å². The molecule has 9 unspecified atom stereocenters. The van der Waals surface area contributed by atoms with Gasteiger partial charge in [-0.3, -0.25) is 4.79 Å². The Morgan fingerprint density at radius 2 is 0.870 bits per heavy atom. The van der Waals surface area contributed by atoms with Gasteiger partial charge in [-0.25, -0.2) is 0 Å². The molecule has 1 amide bonds. The molecule has 0 aromatic heterocycles. The van der Waals surface area contributed by atoms with Crippen molar-refractivity contribution in [1.29, 1.82) is 0 Å². The summed E-state index contributed by atoms with van der Waals surface area (Å²) in [5, 5.41) is 76.1. The Kier molecular flexibility index (Phi) is 44.8. The van der Waals surface area contributed by atoms with E-state index >= 15 is 0 Å². The summed E-state index contributed by atoms with van der Waals surface area (Å²) in [6.07, 6.45) is 46.3. The van der Waals surface area contributed by atoms with Gasteiger partial charge in [-0.05, 0) is 77.0 Å². The Bertz CT molecular complexity index is 1210. The normalized spacial score (nSPS) is 20.6. The topological polar surface area (TPSA) is 189 Å². The quantitative estimate of drug-likeness (QED) is 0.0215. The van der Waals surface area contributed by atoms with E-state index in [0.717, 1.165) is 57.8 Å². The fraction of sp³-hybridized carbons (Fsp3) is 0.879. The number of ether oxygens (including phenoxy) is 2. The lowest BCUT2D eigenvalue weighted by molar-refractivity contribution is -0.303. The minimum absolute atomic E-state index is 0.244. The van der Waals surface area contributed by atoms with Crippen LogP contribution in [0.1, 0.15) is 258 Å². The molecule has 8 N–H and O–H groups in total. The molecule has 0 aromatic rings. The zero-order valence-electron chi connectivity index (χ0n) is 44.3. The molecule has 406 valence electrons. The van der Waals surface area contributed by atoms with Crippen molar-refractivity contribution in [3.63, 3.8) is 0 Å². The zero-order chi connectivity index (χ0) is 50.4. The van der Waals surface area contributed by atoms with Gasteiger partial charge in [0.05, 0.1) is 25.4 Å². The largest absolute Gasteiger partial charge is 0.394 e. The van der Waals surface area contributed by atoms with Crippen molar-refractivity contribution in [2.24, 2.45) is 0 Å². The number of allylic oxidation sites excluding steroid dienone is 6. The van der Waals surface area contributed by atoms with Crippen LogP contribution in [-0.2, 0) is 14.3 Å². The van der Waals surface area contributed by atoms with E-state index in [9.17, 15) is 40.5 Å². The van der Waals surface area contributed by atoms with Crippen LogP contribution in [0.25, 0.3) is 0 Å². The number of amides is 1. The van der Waals surface area contributed by atoms with Crippen LogP contribution in [0.2, 0.25) is 0 Å². The van der Waals surface area contributed by atoms with E-state index in [0.29, 0.717) is 19.3 Å². The van der Waals surface area contributed by atoms with Gasteiger partial charge in [0.2, 0.25) is 5.91 Å². The molecule has 11 heteroatoms. The molecule has 1 fully saturated rings. The molecular formula is C58H109NO10. The molecule has 9 atom stereocenters. The smallest absolute Gasteiger partial charge is 0.249 e. The highest BCUT2D eigenvalue weighted by Crippen LogP contribution is 2.23. The van der Waals surface area contributed by atoms with Crippen LogP contribution in [0.4, 0.5) is 0 Å². The van der Waals surface area contributed by atoms with Gasteiger partial charge in [-0.15, -0.1) is 0 Å². The molecule has 1 heterocycles. The van der Waals surface area contributed by atoms with Crippen molar-refractivity contribution in [1.82, 2.24) is 5.32 Å².